The van der Waals surface area contributed by atoms with Gasteiger partial charge in [0.1, 0.15) is 5.82 Å². The van der Waals surface area contributed by atoms with Gasteiger partial charge in [-0.15, -0.1) is 0 Å². The Kier molecular flexibility index (Phi) is 7.12. The monoisotopic (exact) mass is 400 g/mol. The van der Waals surface area contributed by atoms with Crippen molar-refractivity contribution in [2.75, 3.05) is 26.2 Å². The van der Waals surface area contributed by atoms with Crippen LogP contribution in [-0.2, 0) is 22.5 Å². The molecule has 1 fully saturated rings. The Morgan fingerprint density at radius 2 is 1.97 bits per heavy atom. The Labute approximate surface area is 172 Å². The molecule has 29 heavy (non-hydrogen) atoms. The Morgan fingerprint density at radius 1 is 1.24 bits per heavy atom. The lowest BCUT2D eigenvalue weighted by Crippen LogP contribution is -2.43. The molecule has 7 heteroatoms. The van der Waals surface area contributed by atoms with Crippen molar-refractivity contribution in [3.63, 3.8) is 0 Å². The number of ether oxygens (including phenoxy) is 1. The molecule has 1 aromatic heterocycles. The van der Waals surface area contributed by atoms with Crippen LogP contribution in [0.4, 0.5) is 4.79 Å². The van der Waals surface area contributed by atoms with Crippen molar-refractivity contribution in [3.05, 3.63) is 30.1 Å². The van der Waals surface area contributed by atoms with Crippen molar-refractivity contribution >= 4 is 23.0 Å². The Bertz CT molecular complexity index is 838. The molecule has 2 aromatic rings. The second-order valence-corrected chi connectivity index (χ2v) is 8.03. The minimum absolute atomic E-state index is 0.0471. The van der Waals surface area contributed by atoms with Crippen LogP contribution >= 0.6 is 0 Å². The van der Waals surface area contributed by atoms with Gasteiger partial charge in [-0.05, 0) is 37.8 Å². The van der Waals surface area contributed by atoms with E-state index in [0.717, 1.165) is 23.4 Å². The number of fused-ring (bicyclic) bond motifs is 1. The first-order chi connectivity index (χ1) is 14.0. The average Bonchev–Trinajstić information content (AvgIpc) is 3.09. The molecule has 1 saturated heterocycles. The molecule has 0 radical (unpaired) electrons. The average molecular weight is 401 g/mol. The Morgan fingerprint density at radius 3 is 2.66 bits per heavy atom. The van der Waals surface area contributed by atoms with E-state index in [9.17, 15) is 9.59 Å². The normalized spacial score (nSPS) is 15.1. The van der Waals surface area contributed by atoms with Crippen LogP contribution < -0.4 is 5.32 Å². The zero-order valence-corrected chi connectivity index (χ0v) is 17.7. The molecule has 7 nitrogen and oxygen atoms in total. The van der Waals surface area contributed by atoms with Gasteiger partial charge in [-0.1, -0.05) is 26.0 Å². The Hall–Kier alpha value is -2.57. The van der Waals surface area contributed by atoms with Crippen LogP contribution in [0.1, 0.15) is 39.4 Å². The molecule has 1 aliphatic heterocycles. The molecule has 1 aliphatic rings. The smallest absolute Gasteiger partial charge is 0.409 e. The van der Waals surface area contributed by atoms with Gasteiger partial charge in [0.05, 0.1) is 17.6 Å². The highest BCUT2D eigenvalue weighted by atomic mass is 16.6. The molecular formula is C22H32N4O3. The number of piperidine rings is 1. The maximum absolute atomic E-state index is 12.5. The summed E-state index contributed by atoms with van der Waals surface area (Å²) in [6.07, 6.45) is 1.79. The summed E-state index contributed by atoms with van der Waals surface area (Å²) in [4.78, 5) is 31.0. The SMILES string of the molecule is CCn1c(CCNC(=O)C2CCN(C(=O)OCC(C)C)CC2)nc2ccccc21. The van der Waals surface area contributed by atoms with Crippen molar-refractivity contribution in [2.45, 2.75) is 46.6 Å². The zero-order valence-electron chi connectivity index (χ0n) is 17.7. The number of likely N-dealkylation sites (tertiary alicyclic amines) is 1. The van der Waals surface area contributed by atoms with Crippen LogP contribution in [0.5, 0.6) is 0 Å². The molecule has 0 spiro atoms. The lowest BCUT2D eigenvalue weighted by atomic mass is 9.96. The fourth-order valence-electron chi connectivity index (χ4n) is 3.76. The van der Waals surface area contributed by atoms with Gasteiger partial charge >= 0.3 is 6.09 Å². The number of aryl methyl sites for hydroxylation is 1. The summed E-state index contributed by atoms with van der Waals surface area (Å²) in [6, 6.07) is 8.11. The quantitative estimate of drug-likeness (QED) is 0.774. The van der Waals surface area contributed by atoms with Gasteiger partial charge in [0.2, 0.25) is 5.91 Å². The number of carbonyl (C=O) groups excluding carboxylic acids is 2. The predicted molar refractivity (Wildman–Crippen MR) is 113 cm³/mol. The fraction of sp³-hybridized carbons (Fsp3) is 0.591. The third-order valence-electron chi connectivity index (χ3n) is 5.36. The van der Waals surface area contributed by atoms with Gasteiger partial charge in [-0.25, -0.2) is 9.78 Å². The summed E-state index contributed by atoms with van der Waals surface area (Å²) in [7, 11) is 0. The largest absolute Gasteiger partial charge is 0.449 e. The summed E-state index contributed by atoms with van der Waals surface area (Å²) in [5.74, 6) is 1.34. The predicted octanol–water partition coefficient (Wildman–Crippen LogP) is 3.22. The van der Waals surface area contributed by atoms with Gasteiger partial charge in [0.15, 0.2) is 0 Å². The number of carbonyl (C=O) groups is 2. The molecular weight excluding hydrogens is 368 g/mol. The summed E-state index contributed by atoms with van der Waals surface area (Å²) >= 11 is 0. The first-order valence-electron chi connectivity index (χ1n) is 10.6. The van der Waals surface area contributed by atoms with E-state index in [4.69, 9.17) is 9.72 Å². The molecule has 2 amide bonds. The van der Waals surface area contributed by atoms with Gasteiger partial charge in [0, 0.05) is 38.5 Å². The maximum Gasteiger partial charge on any atom is 0.409 e. The molecule has 1 N–H and O–H groups in total. The third-order valence-corrected chi connectivity index (χ3v) is 5.36. The van der Waals surface area contributed by atoms with E-state index in [1.165, 1.54) is 0 Å². The first-order valence-corrected chi connectivity index (χ1v) is 10.6. The van der Waals surface area contributed by atoms with Crippen molar-refractivity contribution in [3.8, 4) is 0 Å². The number of aromatic nitrogens is 2. The van der Waals surface area contributed by atoms with Crippen LogP contribution in [-0.4, -0.2) is 52.7 Å². The highest BCUT2D eigenvalue weighted by Gasteiger charge is 2.28. The van der Waals surface area contributed by atoms with Gasteiger partial charge in [0.25, 0.3) is 0 Å². The van der Waals surface area contributed by atoms with Crippen molar-refractivity contribution in [1.82, 2.24) is 19.8 Å². The molecule has 0 atom stereocenters. The van der Waals surface area contributed by atoms with E-state index in [0.29, 0.717) is 51.4 Å². The number of nitrogens with zero attached hydrogens (tertiary/aromatic N) is 3. The molecule has 0 saturated carbocycles. The summed E-state index contributed by atoms with van der Waals surface area (Å²) in [5, 5.41) is 3.05. The molecule has 1 aromatic carbocycles. The maximum atomic E-state index is 12.5. The zero-order chi connectivity index (χ0) is 20.8. The number of rotatable bonds is 7. The first kappa shape index (κ1) is 21.1. The fourth-order valence-corrected chi connectivity index (χ4v) is 3.76. The number of imidazole rings is 1. The number of nitrogens with one attached hydrogen (secondary N) is 1. The standard InChI is InChI=1S/C22H32N4O3/c1-4-26-19-8-6-5-7-18(19)24-20(26)9-12-23-21(27)17-10-13-25(14-11-17)22(28)29-15-16(2)3/h5-8,16-17H,4,9-15H2,1-3H3,(H,23,27). The molecule has 0 bridgehead atoms. The third kappa shape index (κ3) is 5.28. The van der Waals surface area contributed by atoms with E-state index < -0.39 is 0 Å². The number of hydrogen-bond acceptors (Lipinski definition) is 4. The van der Waals surface area contributed by atoms with Crippen LogP contribution in [0.3, 0.4) is 0 Å². The topological polar surface area (TPSA) is 76.5 Å². The molecule has 158 valence electrons. The summed E-state index contributed by atoms with van der Waals surface area (Å²) < 4.78 is 7.47. The van der Waals surface area contributed by atoms with Crippen molar-refractivity contribution in [2.24, 2.45) is 11.8 Å². The van der Waals surface area contributed by atoms with Crippen LogP contribution in [0.15, 0.2) is 24.3 Å². The van der Waals surface area contributed by atoms with Gasteiger partial charge < -0.3 is 19.5 Å². The van der Waals surface area contributed by atoms with Gasteiger partial charge in [-0.2, -0.15) is 0 Å². The second kappa shape index (κ2) is 9.76. The highest BCUT2D eigenvalue weighted by molar-refractivity contribution is 5.79. The van der Waals surface area contributed by atoms with Gasteiger partial charge in [-0.3, -0.25) is 4.79 Å². The molecule has 2 heterocycles. The molecule has 0 unspecified atom stereocenters. The Balaban J connectivity index is 1.45. The lowest BCUT2D eigenvalue weighted by molar-refractivity contribution is -0.126. The lowest BCUT2D eigenvalue weighted by Gasteiger charge is -2.30. The number of hydrogen-bond donors (Lipinski definition) is 1. The van der Waals surface area contributed by atoms with Crippen LogP contribution in [0, 0.1) is 11.8 Å². The van der Waals surface area contributed by atoms with E-state index in [1.54, 1.807) is 4.90 Å². The number of amides is 2. The highest BCUT2D eigenvalue weighted by Crippen LogP contribution is 2.19. The molecule has 0 aliphatic carbocycles. The van der Waals surface area contributed by atoms with E-state index >= 15 is 0 Å². The second-order valence-electron chi connectivity index (χ2n) is 8.03. The molecule has 3 rings (SSSR count). The van der Waals surface area contributed by atoms with Crippen molar-refractivity contribution in [1.29, 1.82) is 0 Å². The summed E-state index contributed by atoms with van der Waals surface area (Å²) in [6.45, 7) is 9.13. The minimum atomic E-state index is -0.268. The minimum Gasteiger partial charge on any atom is -0.449 e. The summed E-state index contributed by atoms with van der Waals surface area (Å²) in [5.41, 5.74) is 2.13. The van der Waals surface area contributed by atoms with E-state index in [1.807, 2.05) is 32.0 Å². The van der Waals surface area contributed by atoms with Crippen LogP contribution in [0.2, 0.25) is 0 Å². The van der Waals surface area contributed by atoms with Crippen molar-refractivity contribution < 1.29 is 14.3 Å². The van der Waals surface area contributed by atoms with E-state index in [2.05, 4.69) is 22.9 Å². The van der Waals surface area contributed by atoms with Crippen LogP contribution in [0.25, 0.3) is 11.0 Å². The number of benzene rings is 1. The number of para-hydroxylation sites is 2. The van der Waals surface area contributed by atoms with E-state index in [-0.39, 0.29) is 17.9 Å².